The van der Waals surface area contributed by atoms with Gasteiger partial charge in [0.05, 0.1) is 24.1 Å². The Balaban J connectivity index is 1.75. The number of carbonyl (C=O) groups is 2. The standard InChI is InChI=1S/C16H16N2O5S/c19-14(20)10-23-12-4-2-1-3-11(12)9-13-15(21)17-16(24-13)18-5-7-22-8-6-18/h1-4,9H,5-8,10H2,(H,19,20)/p-1/b13-9-. The second-order valence-electron chi connectivity index (χ2n) is 5.11. The Bertz CT molecular complexity index is 710. The zero-order valence-corrected chi connectivity index (χ0v) is 13.6. The summed E-state index contributed by atoms with van der Waals surface area (Å²) in [5, 5.41) is 11.2. The zero-order valence-electron chi connectivity index (χ0n) is 12.8. The normalized spacial score (nSPS) is 19.5. The van der Waals surface area contributed by atoms with Gasteiger partial charge in [-0.2, -0.15) is 4.99 Å². The van der Waals surface area contributed by atoms with Crippen LogP contribution in [0, 0.1) is 0 Å². The Labute approximate surface area is 143 Å². The number of rotatable bonds is 4. The average Bonchev–Trinajstić information content (AvgIpc) is 2.96. The van der Waals surface area contributed by atoms with E-state index in [1.807, 2.05) is 4.90 Å². The number of amidine groups is 1. The summed E-state index contributed by atoms with van der Waals surface area (Å²) in [5.41, 5.74) is 0.619. The van der Waals surface area contributed by atoms with Crippen molar-refractivity contribution in [2.75, 3.05) is 32.9 Å². The monoisotopic (exact) mass is 347 g/mol. The average molecular weight is 347 g/mol. The Morgan fingerprint density at radius 3 is 2.88 bits per heavy atom. The van der Waals surface area contributed by atoms with E-state index in [1.54, 1.807) is 30.3 Å². The number of benzene rings is 1. The first-order chi connectivity index (χ1) is 11.6. The molecule has 1 saturated heterocycles. The minimum atomic E-state index is -1.30. The predicted molar refractivity (Wildman–Crippen MR) is 87.3 cm³/mol. The van der Waals surface area contributed by atoms with E-state index in [4.69, 9.17) is 9.47 Å². The van der Waals surface area contributed by atoms with E-state index < -0.39 is 12.6 Å². The fourth-order valence-corrected chi connectivity index (χ4v) is 3.25. The molecule has 1 aromatic rings. The number of aliphatic imine (C=N–C) groups is 1. The number of carbonyl (C=O) groups excluding carboxylic acids is 2. The highest BCUT2D eigenvalue weighted by molar-refractivity contribution is 8.18. The highest BCUT2D eigenvalue weighted by Crippen LogP contribution is 2.32. The summed E-state index contributed by atoms with van der Waals surface area (Å²) in [6.07, 6.45) is 1.66. The summed E-state index contributed by atoms with van der Waals surface area (Å²) < 4.78 is 10.5. The van der Waals surface area contributed by atoms with Crippen LogP contribution in [0.15, 0.2) is 34.2 Å². The van der Waals surface area contributed by atoms with Crippen molar-refractivity contribution >= 4 is 34.9 Å². The number of morpholine rings is 1. The van der Waals surface area contributed by atoms with Crippen molar-refractivity contribution in [3.63, 3.8) is 0 Å². The molecule has 2 aliphatic heterocycles. The molecule has 0 bridgehead atoms. The maximum Gasteiger partial charge on any atom is 0.286 e. The van der Waals surface area contributed by atoms with Crippen molar-refractivity contribution < 1.29 is 24.2 Å². The third-order valence-corrected chi connectivity index (χ3v) is 4.49. The second-order valence-corrected chi connectivity index (χ2v) is 6.12. The Hall–Kier alpha value is -2.32. The fourth-order valence-electron chi connectivity index (χ4n) is 2.30. The van der Waals surface area contributed by atoms with Gasteiger partial charge in [0.15, 0.2) is 5.17 Å². The predicted octanol–water partition coefficient (Wildman–Crippen LogP) is 0.118. The van der Waals surface area contributed by atoms with Crippen LogP contribution in [-0.2, 0) is 14.3 Å². The lowest BCUT2D eigenvalue weighted by Gasteiger charge is -2.27. The molecule has 1 aromatic carbocycles. The van der Waals surface area contributed by atoms with E-state index in [0.29, 0.717) is 47.7 Å². The van der Waals surface area contributed by atoms with Gasteiger partial charge in [0.25, 0.3) is 5.91 Å². The van der Waals surface area contributed by atoms with Gasteiger partial charge < -0.3 is 24.3 Å². The van der Waals surface area contributed by atoms with Gasteiger partial charge in [-0.05, 0) is 23.9 Å². The smallest absolute Gasteiger partial charge is 0.286 e. The van der Waals surface area contributed by atoms with Gasteiger partial charge in [-0.15, -0.1) is 0 Å². The van der Waals surface area contributed by atoms with Gasteiger partial charge in [-0.1, -0.05) is 18.2 Å². The van der Waals surface area contributed by atoms with Gasteiger partial charge in [0, 0.05) is 18.7 Å². The van der Waals surface area contributed by atoms with Crippen molar-refractivity contribution in [3.8, 4) is 5.75 Å². The fraction of sp³-hybridized carbons (Fsp3) is 0.312. The number of carboxylic acids is 1. The number of thioether (sulfide) groups is 1. The molecule has 126 valence electrons. The Kier molecular flexibility index (Phi) is 5.17. The number of ether oxygens (including phenoxy) is 2. The molecule has 0 N–H and O–H groups in total. The first kappa shape index (κ1) is 16.5. The van der Waals surface area contributed by atoms with Crippen LogP contribution in [0.5, 0.6) is 5.75 Å². The molecule has 2 aliphatic rings. The zero-order chi connectivity index (χ0) is 16.9. The lowest BCUT2D eigenvalue weighted by Crippen LogP contribution is -2.38. The number of carboxylic acid groups (broad SMARTS) is 1. The van der Waals surface area contributed by atoms with Gasteiger partial charge in [0.2, 0.25) is 0 Å². The van der Waals surface area contributed by atoms with Crippen LogP contribution in [0.4, 0.5) is 0 Å². The molecule has 0 unspecified atom stereocenters. The summed E-state index contributed by atoms with van der Waals surface area (Å²) in [6, 6.07) is 6.90. The van der Waals surface area contributed by atoms with E-state index in [0.717, 1.165) is 0 Å². The summed E-state index contributed by atoms with van der Waals surface area (Å²) in [4.78, 5) is 29.3. The molecule has 0 aliphatic carbocycles. The largest absolute Gasteiger partial charge is 0.546 e. The first-order valence-corrected chi connectivity index (χ1v) is 8.22. The lowest BCUT2D eigenvalue weighted by molar-refractivity contribution is -0.307. The molecule has 7 nitrogen and oxygen atoms in total. The van der Waals surface area contributed by atoms with Gasteiger partial charge in [-0.3, -0.25) is 4.79 Å². The van der Waals surface area contributed by atoms with Crippen LogP contribution >= 0.6 is 11.8 Å². The maximum atomic E-state index is 12.1. The molecule has 1 fully saturated rings. The number of aliphatic carboxylic acids is 1. The van der Waals surface area contributed by atoms with E-state index in [1.165, 1.54) is 11.8 Å². The van der Waals surface area contributed by atoms with Gasteiger partial charge in [-0.25, -0.2) is 0 Å². The highest BCUT2D eigenvalue weighted by Gasteiger charge is 2.27. The number of hydrogen-bond donors (Lipinski definition) is 0. The van der Waals surface area contributed by atoms with Crippen LogP contribution in [-0.4, -0.2) is 54.9 Å². The topological polar surface area (TPSA) is 91.3 Å². The molecule has 0 saturated carbocycles. The molecular weight excluding hydrogens is 332 g/mol. The third-order valence-electron chi connectivity index (χ3n) is 3.44. The van der Waals surface area contributed by atoms with Crippen LogP contribution in [0.25, 0.3) is 6.08 Å². The lowest BCUT2D eigenvalue weighted by atomic mass is 10.2. The van der Waals surface area contributed by atoms with Crippen molar-refractivity contribution in [2.24, 2.45) is 4.99 Å². The Morgan fingerprint density at radius 2 is 2.12 bits per heavy atom. The van der Waals surface area contributed by atoms with Gasteiger partial charge >= 0.3 is 0 Å². The number of hydrogen-bond acceptors (Lipinski definition) is 7. The first-order valence-electron chi connectivity index (χ1n) is 7.40. The summed E-state index contributed by atoms with van der Waals surface area (Å²) in [5.74, 6) is -1.24. The molecule has 24 heavy (non-hydrogen) atoms. The molecule has 0 spiro atoms. The molecule has 1 amide bonds. The van der Waals surface area contributed by atoms with Crippen LogP contribution < -0.4 is 9.84 Å². The molecule has 0 atom stereocenters. The number of amides is 1. The number of nitrogens with zero attached hydrogens (tertiary/aromatic N) is 2. The summed E-state index contributed by atoms with van der Waals surface area (Å²) in [7, 11) is 0. The van der Waals surface area contributed by atoms with Crippen LogP contribution in [0.2, 0.25) is 0 Å². The molecule has 0 radical (unpaired) electrons. The van der Waals surface area contributed by atoms with Crippen LogP contribution in [0.3, 0.4) is 0 Å². The van der Waals surface area contributed by atoms with Crippen LogP contribution in [0.1, 0.15) is 5.56 Å². The third kappa shape index (κ3) is 3.95. The summed E-state index contributed by atoms with van der Waals surface area (Å²) in [6.45, 7) is 2.10. The van der Waals surface area contributed by atoms with Gasteiger partial charge in [0.1, 0.15) is 12.4 Å². The Morgan fingerprint density at radius 1 is 1.38 bits per heavy atom. The quantitative estimate of drug-likeness (QED) is 0.714. The second kappa shape index (κ2) is 7.50. The number of para-hydroxylation sites is 1. The van der Waals surface area contributed by atoms with E-state index in [9.17, 15) is 14.7 Å². The van der Waals surface area contributed by atoms with E-state index >= 15 is 0 Å². The molecule has 0 aromatic heterocycles. The van der Waals surface area contributed by atoms with E-state index in [-0.39, 0.29) is 5.91 Å². The summed E-state index contributed by atoms with van der Waals surface area (Å²) >= 11 is 1.30. The van der Waals surface area contributed by atoms with Crippen molar-refractivity contribution in [1.82, 2.24) is 4.90 Å². The molecule has 8 heteroatoms. The SMILES string of the molecule is O=C([O-])COc1ccccc1/C=C1\SC(N2CCOCC2)=NC1=O. The maximum absolute atomic E-state index is 12.1. The molecular formula is C16H15N2O5S-. The highest BCUT2D eigenvalue weighted by atomic mass is 32.2. The van der Waals surface area contributed by atoms with Crippen molar-refractivity contribution in [1.29, 1.82) is 0 Å². The minimum absolute atomic E-state index is 0.309. The molecule has 2 heterocycles. The molecule has 3 rings (SSSR count). The van der Waals surface area contributed by atoms with E-state index in [2.05, 4.69) is 4.99 Å². The van der Waals surface area contributed by atoms with Crippen molar-refractivity contribution in [3.05, 3.63) is 34.7 Å². The van der Waals surface area contributed by atoms with Crippen molar-refractivity contribution in [2.45, 2.75) is 0 Å². The minimum Gasteiger partial charge on any atom is -0.546 e.